The van der Waals surface area contributed by atoms with Gasteiger partial charge in [0.05, 0.1) is 10.6 Å². The molecule has 2 aromatic rings. The van der Waals surface area contributed by atoms with Crippen molar-refractivity contribution in [2.75, 3.05) is 5.32 Å². The summed E-state index contributed by atoms with van der Waals surface area (Å²) >= 11 is 6.79. The highest BCUT2D eigenvalue weighted by atomic mass is 35.5. The monoisotopic (exact) mass is 271 g/mol. The lowest BCUT2D eigenvalue weighted by atomic mass is 10.2. The topological polar surface area (TPSA) is 54.9 Å². The smallest absolute Gasteiger partial charge is 0.261 e. The van der Waals surface area contributed by atoms with Gasteiger partial charge in [0.1, 0.15) is 11.6 Å². The van der Waals surface area contributed by atoms with Crippen molar-refractivity contribution in [2.24, 2.45) is 0 Å². The molecule has 1 heterocycles. The number of carbonyl (C=O) groups excluding carboxylic acids is 1. The number of anilines is 1. The van der Waals surface area contributed by atoms with E-state index in [4.69, 9.17) is 11.6 Å². The molecule has 0 bridgehead atoms. The SMILES string of the molecule is Cc1nsc(NC(=O)c2c(F)cccc2Cl)n1. The van der Waals surface area contributed by atoms with Crippen LogP contribution in [0.4, 0.5) is 9.52 Å². The van der Waals surface area contributed by atoms with Gasteiger partial charge < -0.3 is 0 Å². The number of aromatic nitrogens is 2. The van der Waals surface area contributed by atoms with Crippen LogP contribution in [0, 0.1) is 12.7 Å². The lowest BCUT2D eigenvalue weighted by Gasteiger charge is -2.04. The molecule has 7 heteroatoms. The quantitative estimate of drug-likeness (QED) is 0.914. The molecule has 0 aliphatic carbocycles. The van der Waals surface area contributed by atoms with Crippen molar-refractivity contribution in [3.05, 3.63) is 40.4 Å². The molecule has 88 valence electrons. The fourth-order valence-electron chi connectivity index (χ4n) is 1.22. The van der Waals surface area contributed by atoms with Gasteiger partial charge in [0.25, 0.3) is 5.91 Å². The fourth-order valence-corrected chi connectivity index (χ4v) is 2.04. The van der Waals surface area contributed by atoms with Crippen LogP contribution in [0.25, 0.3) is 0 Å². The highest BCUT2D eigenvalue weighted by Crippen LogP contribution is 2.21. The normalized spacial score (nSPS) is 10.3. The van der Waals surface area contributed by atoms with Crippen molar-refractivity contribution < 1.29 is 9.18 Å². The van der Waals surface area contributed by atoms with Crippen LogP contribution in [0.15, 0.2) is 18.2 Å². The van der Waals surface area contributed by atoms with Crippen LogP contribution in [-0.2, 0) is 0 Å². The number of nitrogens with zero attached hydrogens (tertiary/aromatic N) is 2. The van der Waals surface area contributed by atoms with Crippen LogP contribution >= 0.6 is 23.1 Å². The van der Waals surface area contributed by atoms with Crippen molar-refractivity contribution in [2.45, 2.75) is 6.92 Å². The largest absolute Gasteiger partial charge is 0.296 e. The van der Waals surface area contributed by atoms with Gasteiger partial charge in [-0.05, 0) is 19.1 Å². The molecule has 1 aromatic heterocycles. The van der Waals surface area contributed by atoms with E-state index in [0.29, 0.717) is 11.0 Å². The van der Waals surface area contributed by atoms with Gasteiger partial charge in [-0.1, -0.05) is 17.7 Å². The minimum absolute atomic E-state index is 0.0590. The average molecular weight is 272 g/mol. The fraction of sp³-hybridized carbons (Fsp3) is 0.100. The van der Waals surface area contributed by atoms with Crippen molar-refractivity contribution >= 4 is 34.2 Å². The number of rotatable bonds is 2. The number of halogens is 2. The van der Waals surface area contributed by atoms with Gasteiger partial charge >= 0.3 is 0 Å². The summed E-state index contributed by atoms with van der Waals surface area (Å²) in [5, 5.41) is 2.81. The number of hydrogen-bond donors (Lipinski definition) is 1. The molecular weight excluding hydrogens is 265 g/mol. The summed E-state index contributed by atoms with van der Waals surface area (Å²) in [4.78, 5) is 15.7. The second-order valence-electron chi connectivity index (χ2n) is 3.20. The first kappa shape index (κ1) is 11.9. The Kier molecular flexibility index (Phi) is 3.35. The third kappa shape index (κ3) is 2.59. The predicted octanol–water partition coefficient (Wildman–Crippen LogP) is 2.89. The zero-order valence-electron chi connectivity index (χ0n) is 8.70. The lowest BCUT2D eigenvalue weighted by molar-refractivity contribution is 0.102. The van der Waals surface area contributed by atoms with E-state index in [1.54, 1.807) is 6.92 Å². The molecule has 0 radical (unpaired) electrons. The van der Waals surface area contributed by atoms with Gasteiger partial charge in [-0.15, -0.1) is 0 Å². The number of nitrogens with one attached hydrogen (secondary N) is 1. The number of carbonyl (C=O) groups is 1. The highest BCUT2D eigenvalue weighted by molar-refractivity contribution is 7.09. The number of hydrogen-bond acceptors (Lipinski definition) is 4. The summed E-state index contributed by atoms with van der Waals surface area (Å²) < 4.78 is 17.3. The first-order chi connectivity index (χ1) is 8.08. The number of amides is 1. The minimum Gasteiger partial charge on any atom is -0.296 e. The minimum atomic E-state index is -0.670. The lowest BCUT2D eigenvalue weighted by Crippen LogP contribution is -2.14. The molecule has 0 aliphatic rings. The van der Waals surface area contributed by atoms with Gasteiger partial charge in [0.15, 0.2) is 0 Å². The van der Waals surface area contributed by atoms with Crippen molar-refractivity contribution in [3.8, 4) is 0 Å². The summed E-state index contributed by atoms with van der Waals surface area (Å²) in [6.45, 7) is 1.70. The van der Waals surface area contributed by atoms with Crippen LogP contribution in [0.2, 0.25) is 5.02 Å². The Morgan fingerprint density at radius 1 is 1.53 bits per heavy atom. The Morgan fingerprint density at radius 2 is 2.29 bits per heavy atom. The maximum absolute atomic E-state index is 13.4. The molecule has 17 heavy (non-hydrogen) atoms. The van der Waals surface area contributed by atoms with Crippen LogP contribution in [0.3, 0.4) is 0 Å². The predicted molar refractivity (Wildman–Crippen MR) is 64.0 cm³/mol. The van der Waals surface area contributed by atoms with Crippen molar-refractivity contribution in [1.82, 2.24) is 9.36 Å². The van der Waals surface area contributed by atoms with E-state index in [1.807, 2.05) is 0 Å². The van der Waals surface area contributed by atoms with E-state index >= 15 is 0 Å². The van der Waals surface area contributed by atoms with E-state index in [2.05, 4.69) is 14.7 Å². The standard InChI is InChI=1S/C10H7ClFN3OS/c1-5-13-10(17-15-5)14-9(16)8-6(11)3-2-4-7(8)12/h2-4H,1H3,(H,13,14,15,16). The summed E-state index contributed by atoms with van der Waals surface area (Å²) in [6, 6.07) is 4.06. The summed E-state index contributed by atoms with van der Waals surface area (Å²) in [5.74, 6) is -0.759. The summed E-state index contributed by atoms with van der Waals surface area (Å²) in [6.07, 6.45) is 0. The number of aryl methyl sites for hydroxylation is 1. The average Bonchev–Trinajstić information content (AvgIpc) is 2.63. The molecule has 0 aliphatic heterocycles. The Labute approximate surface area is 106 Å². The number of benzene rings is 1. The Bertz CT molecular complexity index is 552. The molecule has 0 saturated carbocycles. The zero-order valence-corrected chi connectivity index (χ0v) is 10.3. The zero-order chi connectivity index (χ0) is 12.4. The molecule has 0 saturated heterocycles. The third-order valence-corrected chi connectivity index (χ3v) is 2.97. The van der Waals surface area contributed by atoms with E-state index in [9.17, 15) is 9.18 Å². The molecular formula is C10H7ClFN3OS. The first-order valence-corrected chi connectivity index (χ1v) is 5.78. The molecule has 2 rings (SSSR count). The second-order valence-corrected chi connectivity index (χ2v) is 4.36. The van der Waals surface area contributed by atoms with Crippen LogP contribution in [0.5, 0.6) is 0 Å². The van der Waals surface area contributed by atoms with Gasteiger partial charge in [-0.25, -0.2) is 9.37 Å². The van der Waals surface area contributed by atoms with E-state index in [1.165, 1.54) is 18.2 Å². The van der Waals surface area contributed by atoms with Crippen LogP contribution < -0.4 is 5.32 Å². The molecule has 0 atom stereocenters. The highest BCUT2D eigenvalue weighted by Gasteiger charge is 2.16. The van der Waals surface area contributed by atoms with E-state index in [-0.39, 0.29) is 10.6 Å². The summed E-state index contributed by atoms with van der Waals surface area (Å²) in [7, 11) is 0. The van der Waals surface area contributed by atoms with Crippen LogP contribution in [-0.4, -0.2) is 15.3 Å². The molecule has 0 fully saturated rings. The molecule has 1 aromatic carbocycles. The van der Waals surface area contributed by atoms with Gasteiger partial charge in [0.2, 0.25) is 5.13 Å². The molecule has 4 nitrogen and oxygen atoms in total. The molecule has 1 N–H and O–H groups in total. The van der Waals surface area contributed by atoms with Crippen LogP contribution in [0.1, 0.15) is 16.2 Å². The van der Waals surface area contributed by atoms with E-state index in [0.717, 1.165) is 11.5 Å². The maximum Gasteiger partial charge on any atom is 0.261 e. The third-order valence-electron chi connectivity index (χ3n) is 1.94. The molecule has 0 unspecified atom stereocenters. The molecule has 1 amide bonds. The maximum atomic E-state index is 13.4. The van der Waals surface area contributed by atoms with Crippen molar-refractivity contribution in [3.63, 3.8) is 0 Å². The molecule has 0 spiro atoms. The first-order valence-electron chi connectivity index (χ1n) is 4.63. The Balaban J connectivity index is 2.26. The van der Waals surface area contributed by atoms with E-state index < -0.39 is 11.7 Å². The van der Waals surface area contributed by atoms with Gasteiger partial charge in [-0.2, -0.15) is 4.37 Å². The van der Waals surface area contributed by atoms with Gasteiger partial charge in [-0.3, -0.25) is 10.1 Å². The Hall–Kier alpha value is -1.53. The second kappa shape index (κ2) is 4.77. The van der Waals surface area contributed by atoms with Gasteiger partial charge in [0, 0.05) is 11.5 Å². The Morgan fingerprint density at radius 3 is 2.88 bits per heavy atom. The van der Waals surface area contributed by atoms with Crippen molar-refractivity contribution in [1.29, 1.82) is 0 Å². The summed E-state index contributed by atoms with van der Waals surface area (Å²) in [5.41, 5.74) is -0.193.